The summed E-state index contributed by atoms with van der Waals surface area (Å²) in [6.07, 6.45) is 1.47. The van der Waals surface area contributed by atoms with Gasteiger partial charge in [-0.05, 0) is 38.0 Å². The van der Waals surface area contributed by atoms with Gasteiger partial charge in [-0.15, -0.1) is 0 Å². The number of carbonyl (C=O) groups excluding carboxylic acids is 3. The van der Waals surface area contributed by atoms with Gasteiger partial charge in [-0.2, -0.15) is 0 Å². The molecule has 1 aromatic rings. The topological polar surface area (TPSA) is 81.8 Å². The van der Waals surface area contributed by atoms with Crippen molar-refractivity contribution in [3.63, 3.8) is 0 Å². The number of nitrogens with zero attached hydrogens (tertiary/aromatic N) is 2. The first-order chi connectivity index (χ1) is 12.0. The van der Waals surface area contributed by atoms with E-state index in [1.165, 1.54) is 4.90 Å². The molecule has 136 valence electrons. The zero-order chi connectivity index (χ0) is 18.2. The smallest absolute Gasteiger partial charge is 0.318 e. The molecule has 1 aromatic carbocycles. The average molecular weight is 346 g/mol. The van der Waals surface area contributed by atoms with Gasteiger partial charge in [0.2, 0.25) is 11.8 Å². The second kappa shape index (κ2) is 9.05. The van der Waals surface area contributed by atoms with E-state index in [0.29, 0.717) is 26.1 Å². The van der Waals surface area contributed by atoms with E-state index in [9.17, 15) is 14.4 Å². The fourth-order valence-corrected chi connectivity index (χ4v) is 2.80. The van der Waals surface area contributed by atoms with Crippen LogP contribution in [0.15, 0.2) is 24.3 Å². The van der Waals surface area contributed by atoms with Crippen LogP contribution in [0.3, 0.4) is 0 Å². The molecule has 7 heteroatoms. The van der Waals surface area contributed by atoms with Gasteiger partial charge in [0.25, 0.3) is 0 Å². The van der Waals surface area contributed by atoms with Crippen molar-refractivity contribution in [1.29, 1.82) is 0 Å². The van der Waals surface area contributed by atoms with E-state index in [0.717, 1.165) is 24.2 Å². The molecule has 25 heavy (non-hydrogen) atoms. The second-order valence-electron chi connectivity index (χ2n) is 5.95. The number of amides is 4. The molecule has 0 unspecified atom stereocenters. The van der Waals surface area contributed by atoms with Crippen molar-refractivity contribution in [1.82, 2.24) is 15.5 Å². The van der Waals surface area contributed by atoms with Crippen molar-refractivity contribution in [2.45, 2.75) is 33.2 Å². The van der Waals surface area contributed by atoms with Gasteiger partial charge in [0, 0.05) is 38.3 Å². The van der Waals surface area contributed by atoms with Crippen molar-refractivity contribution in [2.75, 3.05) is 31.1 Å². The molecule has 1 heterocycles. The van der Waals surface area contributed by atoms with Crippen molar-refractivity contribution >= 4 is 23.5 Å². The fraction of sp³-hybridized carbons (Fsp3) is 0.500. The standard InChI is InChI=1S/C18H26N4O3/c1-3-19-16(23)13-21(4-2)18(25)20-12-14-7-5-8-15(11-14)22-10-6-9-17(22)24/h5,7-8,11H,3-4,6,9-10,12-13H2,1-2H3,(H,19,23)(H,20,25). The van der Waals surface area contributed by atoms with Crippen LogP contribution in [0.2, 0.25) is 0 Å². The van der Waals surface area contributed by atoms with Crippen LogP contribution >= 0.6 is 0 Å². The predicted molar refractivity (Wildman–Crippen MR) is 96.2 cm³/mol. The maximum absolute atomic E-state index is 12.3. The van der Waals surface area contributed by atoms with Gasteiger partial charge in [0.1, 0.15) is 6.54 Å². The summed E-state index contributed by atoms with van der Waals surface area (Å²) in [6, 6.07) is 7.33. The molecule has 0 aliphatic carbocycles. The molecule has 0 atom stereocenters. The lowest BCUT2D eigenvalue weighted by molar-refractivity contribution is -0.121. The highest BCUT2D eigenvalue weighted by molar-refractivity contribution is 5.95. The van der Waals surface area contributed by atoms with Crippen LogP contribution in [0.1, 0.15) is 32.3 Å². The Bertz CT molecular complexity index is 633. The molecule has 1 aliphatic rings. The van der Waals surface area contributed by atoms with Crippen LogP contribution in [0.5, 0.6) is 0 Å². The molecule has 0 aromatic heterocycles. The molecule has 0 spiro atoms. The van der Waals surface area contributed by atoms with Crippen molar-refractivity contribution in [2.24, 2.45) is 0 Å². The van der Waals surface area contributed by atoms with Crippen LogP contribution in [0, 0.1) is 0 Å². The van der Waals surface area contributed by atoms with E-state index in [1.807, 2.05) is 38.1 Å². The zero-order valence-electron chi connectivity index (χ0n) is 14.9. The summed E-state index contributed by atoms with van der Waals surface area (Å²) in [5.41, 5.74) is 1.78. The number of urea groups is 1. The van der Waals surface area contributed by atoms with Crippen LogP contribution in [0.25, 0.3) is 0 Å². The molecular weight excluding hydrogens is 320 g/mol. The Balaban J connectivity index is 1.92. The summed E-state index contributed by atoms with van der Waals surface area (Å²) in [5.74, 6) is -0.0330. The van der Waals surface area contributed by atoms with Gasteiger partial charge in [0.05, 0.1) is 0 Å². The molecule has 4 amide bonds. The van der Waals surface area contributed by atoms with E-state index in [-0.39, 0.29) is 24.4 Å². The van der Waals surface area contributed by atoms with Crippen molar-refractivity contribution in [3.05, 3.63) is 29.8 Å². The summed E-state index contributed by atoms with van der Waals surface area (Å²) in [6.45, 7) is 5.79. The van der Waals surface area contributed by atoms with Gasteiger partial charge in [-0.3, -0.25) is 9.59 Å². The summed E-state index contributed by atoms with van der Waals surface area (Å²) in [5, 5.41) is 5.51. The van der Waals surface area contributed by atoms with Gasteiger partial charge in [0.15, 0.2) is 0 Å². The predicted octanol–water partition coefficient (Wildman–Crippen LogP) is 1.48. The average Bonchev–Trinajstić information content (AvgIpc) is 3.04. The Labute approximate surface area is 148 Å². The quantitative estimate of drug-likeness (QED) is 0.785. The number of anilines is 1. The van der Waals surface area contributed by atoms with Crippen molar-refractivity contribution < 1.29 is 14.4 Å². The number of benzene rings is 1. The van der Waals surface area contributed by atoms with Crippen molar-refractivity contribution in [3.8, 4) is 0 Å². The number of nitrogens with one attached hydrogen (secondary N) is 2. The maximum Gasteiger partial charge on any atom is 0.318 e. The van der Waals surface area contributed by atoms with Gasteiger partial charge < -0.3 is 20.4 Å². The van der Waals surface area contributed by atoms with Gasteiger partial charge in [-0.25, -0.2) is 4.79 Å². The minimum atomic E-state index is -0.281. The molecule has 1 saturated heterocycles. The molecule has 1 fully saturated rings. The normalized spacial score (nSPS) is 13.7. The first-order valence-electron chi connectivity index (χ1n) is 8.74. The third-order valence-electron chi connectivity index (χ3n) is 4.12. The monoisotopic (exact) mass is 346 g/mol. The summed E-state index contributed by atoms with van der Waals surface area (Å²) < 4.78 is 0. The fourth-order valence-electron chi connectivity index (χ4n) is 2.80. The van der Waals surface area contributed by atoms with E-state index in [2.05, 4.69) is 10.6 Å². The first kappa shape index (κ1) is 18.8. The minimum Gasteiger partial charge on any atom is -0.355 e. The van der Waals surface area contributed by atoms with E-state index in [1.54, 1.807) is 4.90 Å². The third kappa shape index (κ3) is 5.20. The largest absolute Gasteiger partial charge is 0.355 e. The Morgan fingerprint density at radius 2 is 2.04 bits per heavy atom. The number of carbonyl (C=O) groups is 3. The molecule has 0 saturated carbocycles. The highest BCUT2D eigenvalue weighted by Crippen LogP contribution is 2.22. The molecular formula is C18H26N4O3. The Morgan fingerprint density at radius 3 is 2.68 bits per heavy atom. The minimum absolute atomic E-state index is 0.0402. The van der Waals surface area contributed by atoms with Crippen LogP contribution in [-0.2, 0) is 16.1 Å². The molecule has 0 bridgehead atoms. The summed E-state index contributed by atoms with van der Waals surface area (Å²) in [4.78, 5) is 39.0. The highest BCUT2D eigenvalue weighted by atomic mass is 16.2. The number of hydrogen-bond donors (Lipinski definition) is 2. The zero-order valence-corrected chi connectivity index (χ0v) is 14.9. The number of hydrogen-bond acceptors (Lipinski definition) is 3. The molecule has 2 N–H and O–H groups in total. The molecule has 0 radical (unpaired) electrons. The van der Waals surface area contributed by atoms with Crippen LogP contribution in [-0.4, -0.2) is 48.9 Å². The third-order valence-corrected chi connectivity index (χ3v) is 4.12. The molecule has 2 rings (SSSR count). The summed E-state index contributed by atoms with van der Waals surface area (Å²) >= 11 is 0. The molecule has 7 nitrogen and oxygen atoms in total. The first-order valence-corrected chi connectivity index (χ1v) is 8.74. The lowest BCUT2D eigenvalue weighted by atomic mass is 10.2. The lowest BCUT2D eigenvalue weighted by Gasteiger charge is -2.21. The lowest BCUT2D eigenvalue weighted by Crippen LogP contribution is -2.45. The second-order valence-corrected chi connectivity index (χ2v) is 5.95. The SMILES string of the molecule is CCNC(=O)CN(CC)C(=O)NCc1cccc(N2CCCC2=O)c1. The van der Waals surface area contributed by atoms with Gasteiger partial charge >= 0.3 is 6.03 Å². The number of likely N-dealkylation sites (N-methyl/N-ethyl adjacent to an activating group) is 2. The van der Waals surface area contributed by atoms with E-state index < -0.39 is 0 Å². The van der Waals surface area contributed by atoms with Crippen LogP contribution in [0.4, 0.5) is 10.5 Å². The highest BCUT2D eigenvalue weighted by Gasteiger charge is 2.21. The van der Waals surface area contributed by atoms with E-state index >= 15 is 0 Å². The molecule has 1 aliphatic heterocycles. The number of rotatable bonds is 7. The Morgan fingerprint density at radius 1 is 1.24 bits per heavy atom. The summed E-state index contributed by atoms with van der Waals surface area (Å²) in [7, 11) is 0. The van der Waals surface area contributed by atoms with Gasteiger partial charge in [-0.1, -0.05) is 12.1 Å². The Hall–Kier alpha value is -2.57. The maximum atomic E-state index is 12.3. The Kier molecular flexibility index (Phi) is 6.80. The van der Waals surface area contributed by atoms with Crippen LogP contribution < -0.4 is 15.5 Å². The van der Waals surface area contributed by atoms with E-state index in [4.69, 9.17) is 0 Å².